The topological polar surface area (TPSA) is 16.4 Å². The summed E-state index contributed by atoms with van der Waals surface area (Å²) in [5, 5.41) is 0. The maximum absolute atomic E-state index is 5.46. The monoisotopic (exact) mass is 253 g/mol. The molecule has 2 rings (SSSR count). The molecule has 1 aliphatic rings. The van der Waals surface area contributed by atoms with Crippen molar-refractivity contribution in [2.45, 2.75) is 39.3 Å². The van der Waals surface area contributed by atoms with E-state index in [0.717, 1.165) is 30.6 Å². The zero-order chi connectivity index (χ0) is 12.3. The van der Waals surface area contributed by atoms with E-state index in [1.165, 1.54) is 12.8 Å². The third-order valence-electron chi connectivity index (χ3n) is 3.65. The van der Waals surface area contributed by atoms with Crippen LogP contribution in [0.1, 0.15) is 32.4 Å². The van der Waals surface area contributed by atoms with Gasteiger partial charge in [0.05, 0.1) is 12.8 Å². The van der Waals surface area contributed by atoms with Crippen LogP contribution in [0.4, 0.5) is 0 Å². The maximum atomic E-state index is 5.46. The molecule has 96 valence electrons. The molecule has 0 aliphatic heterocycles. The van der Waals surface area contributed by atoms with E-state index in [2.05, 4.69) is 37.4 Å². The second-order valence-electron chi connectivity index (χ2n) is 5.43. The molecule has 0 aromatic carbocycles. The molecule has 0 bridgehead atoms. The van der Waals surface area contributed by atoms with Gasteiger partial charge in [-0.15, -0.1) is 0 Å². The lowest BCUT2D eigenvalue weighted by atomic mass is 9.97. The summed E-state index contributed by atoms with van der Waals surface area (Å²) in [6, 6.07) is 4.82. The van der Waals surface area contributed by atoms with Crippen LogP contribution in [-0.2, 0) is 6.54 Å². The zero-order valence-electron chi connectivity index (χ0n) is 10.8. The van der Waals surface area contributed by atoms with Gasteiger partial charge in [-0.25, -0.2) is 0 Å². The number of rotatable bonds is 7. The summed E-state index contributed by atoms with van der Waals surface area (Å²) in [6.07, 6.45) is 4.45. The molecule has 0 saturated heterocycles. The second kappa shape index (κ2) is 5.96. The summed E-state index contributed by atoms with van der Waals surface area (Å²) >= 11 is 4.48. The number of nitrogens with zero attached hydrogens (tertiary/aromatic N) is 1. The molecule has 0 spiro atoms. The Morgan fingerprint density at radius 3 is 2.71 bits per heavy atom. The minimum Gasteiger partial charge on any atom is -0.468 e. The van der Waals surface area contributed by atoms with Gasteiger partial charge in [-0.3, -0.25) is 4.90 Å². The first-order chi connectivity index (χ1) is 8.20. The van der Waals surface area contributed by atoms with Gasteiger partial charge in [0.2, 0.25) is 0 Å². The molecule has 0 radical (unpaired) electrons. The maximum Gasteiger partial charge on any atom is 0.117 e. The number of hydrogen-bond acceptors (Lipinski definition) is 3. The third kappa shape index (κ3) is 3.78. The number of hydrogen-bond donors (Lipinski definition) is 1. The van der Waals surface area contributed by atoms with Gasteiger partial charge < -0.3 is 4.42 Å². The van der Waals surface area contributed by atoms with Gasteiger partial charge in [-0.1, -0.05) is 13.8 Å². The van der Waals surface area contributed by atoms with Crippen molar-refractivity contribution in [1.29, 1.82) is 0 Å². The third-order valence-corrected chi connectivity index (χ3v) is 4.12. The Labute approximate surface area is 110 Å². The van der Waals surface area contributed by atoms with Crippen molar-refractivity contribution in [3.05, 3.63) is 24.2 Å². The van der Waals surface area contributed by atoms with Crippen LogP contribution in [0.15, 0.2) is 22.8 Å². The summed E-state index contributed by atoms with van der Waals surface area (Å²) in [5.41, 5.74) is 0. The molecule has 1 aromatic heterocycles. The smallest absolute Gasteiger partial charge is 0.117 e. The van der Waals surface area contributed by atoms with Gasteiger partial charge in [0.1, 0.15) is 5.76 Å². The van der Waals surface area contributed by atoms with Crippen LogP contribution in [0.5, 0.6) is 0 Å². The van der Waals surface area contributed by atoms with E-state index in [9.17, 15) is 0 Å². The first-order valence-electron chi connectivity index (χ1n) is 6.58. The van der Waals surface area contributed by atoms with Crippen molar-refractivity contribution in [3.8, 4) is 0 Å². The average Bonchev–Trinajstić information content (AvgIpc) is 3.02. The Morgan fingerprint density at radius 2 is 2.24 bits per heavy atom. The zero-order valence-corrected chi connectivity index (χ0v) is 11.7. The summed E-state index contributed by atoms with van der Waals surface area (Å²) in [5.74, 6) is 3.43. The first kappa shape index (κ1) is 13.0. The molecule has 2 nitrogen and oxygen atoms in total. The minimum atomic E-state index is 0.675. The normalized spacial score (nSPS) is 17.9. The van der Waals surface area contributed by atoms with Crippen LogP contribution in [0.25, 0.3) is 0 Å². The molecule has 0 N–H and O–H groups in total. The lowest BCUT2D eigenvalue weighted by molar-refractivity contribution is 0.185. The van der Waals surface area contributed by atoms with E-state index >= 15 is 0 Å². The molecule has 1 saturated carbocycles. The van der Waals surface area contributed by atoms with Crippen LogP contribution in [-0.4, -0.2) is 23.2 Å². The van der Waals surface area contributed by atoms with E-state index in [4.69, 9.17) is 4.42 Å². The van der Waals surface area contributed by atoms with Crippen molar-refractivity contribution < 1.29 is 4.42 Å². The van der Waals surface area contributed by atoms with E-state index in [-0.39, 0.29) is 0 Å². The lowest BCUT2D eigenvalue weighted by Gasteiger charge is -2.28. The minimum absolute atomic E-state index is 0.675. The van der Waals surface area contributed by atoms with Crippen molar-refractivity contribution in [1.82, 2.24) is 4.90 Å². The average molecular weight is 253 g/mol. The van der Waals surface area contributed by atoms with Gasteiger partial charge in [0.25, 0.3) is 0 Å². The first-order valence-corrected chi connectivity index (χ1v) is 7.21. The van der Waals surface area contributed by atoms with Crippen LogP contribution in [0.3, 0.4) is 0 Å². The van der Waals surface area contributed by atoms with Gasteiger partial charge in [0, 0.05) is 12.6 Å². The SMILES string of the molecule is CC(C)C(CS)CN(Cc1ccco1)C1CC1. The summed E-state index contributed by atoms with van der Waals surface area (Å²) < 4.78 is 5.46. The van der Waals surface area contributed by atoms with Crippen LogP contribution in [0.2, 0.25) is 0 Å². The lowest BCUT2D eigenvalue weighted by Crippen LogP contribution is -2.33. The molecule has 1 heterocycles. The molecule has 1 aliphatic carbocycles. The summed E-state index contributed by atoms with van der Waals surface area (Å²) in [4.78, 5) is 2.57. The van der Waals surface area contributed by atoms with Gasteiger partial charge in [-0.2, -0.15) is 12.6 Å². The standard InChI is InChI=1S/C14H23NOS/c1-11(2)12(10-17)8-15(13-5-6-13)9-14-4-3-7-16-14/h3-4,7,11-13,17H,5-6,8-10H2,1-2H3. The predicted octanol–water partition coefficient (Wildman–Crippen LogP) is 3.45. The molecule has 0 amide bonds. The molecule has 1 fully saturated rings. The number of thiol groups is 1. The molecule has 1 atom stereocenters. The van der Waals surface area contributed by atoms with E-state index < -0.39 is 0 Å². The molecule has 1 unspecified atom stereocenters. The van der Waals surface area contributed by atoms with Gasteiger partial charge in [0.15, 0.2) is 0 Å². The van der Waals surface area contributed by atoms with Crippen molar-refractivity contribution >= 4 is 12.6 Å². The Kier molecular flexibility index (Phi) is 4.57. The Bertz CT molecular complexity index is 319. The molecular weight excluding hydrogens is 230 g/mol. The fraction of sp³-hybridized carbons (Fsp3) is 0.714. The molecule has 1 aromatic rings. The number of furan rings is 1. The van der Waals surface area contributed by atoms with Crippen molar-refractivity contribution in [2.24, 2.45) is 11.8 Å². The Hall–Kier alpha value is -0.410. The van der Waals surface area contributed by atoms with E-state index in [1.807, 2.05) is 6.07 Å². The van der Waals surface area contributed by atoms with E-state index in [1.54, 1.807) is 6.26 Å². The largest absolute Gasteiger partial charge is 0.468 e. The van der Waals surface area contributed by atoms with Crippen molar-refractivity contribution in [2.75, 3.05) is 12.3 Å². The molecule has 3 heteroatoms. The van der Waals surface area contributed by atoms with Gasteiger partial charge in [-0.05, 0) is 42.6 Å². The van der Waals surface area contributed by atoms with Gasteiger partial charge >= 0.3 is 0 Å². The predicted molar refractivity (Wildman–Crippen MR) is 74.3 cm³/mol. The fourth-order valence-electron chi connectivity index (χ4n) is 2.17. The highest BCUT2D eigenvalue weighted by atomic mass is 32.1. The summed E-state index contributed by atoms with van der Waals surface area (Å²) in [6.45, 7) is 6.68. The van der Waals surface area contributed by atoms with Crippen LogP contribution >= 0.6 is 12.6 Å². The van der Waals surface area contributed by atoms with Crippen LogP contribution < -0.4 is 0 Å². The molecular formula is C14H23NOS. The Morgan fingerprint density at radius 1 is 1.47 bits per heavy atom. The summed E-state index contributed by atoms with van der Waals surface area (Å²) in [7, 11) is 0. The highest BCUT2D eigenvalue weighted by Gasteiger charge is 2.31. The fourth-order valence-corrected chi connectivity index (χ4v) is 2.70. The van der Waals surface area contributed by atoms with Crippen LogP contribution in [0, 0.1) is 11.8 Å². The Balaban J connectivity index is 1.92. The highest BCUT2D eigenvalue weighted by molar-refractivity contribution is 7.80. The second-order valence-corrected chi connectivity index (χ2v) is 5.79. The van der Waals surface area contributed by atoms with Crippen molar-refractivity contribution in [3.63, 3.8) is 0 Å². The van der Waals surface area contributed by atoms with E-state index in [0.29, 0.717) is 11.8 Å². The molecule has 17 heavy (non-hydrogen) atoms. The highest BCUT2D eigenvalue weighted by Crippen LogP contribution is 2.30. The quantitative estimate of drug-likeness (QED) is 0.749.